The van der Waals surface area contributed by atoms with Gasteiger partial charge in [0.1, 0.15) is 10.1 Å². The Hall–Kier alpha value is -1.86. The number of rotatable bonds is 11. The number of hydrogen-bond acceptors (Lipinski definition) is 5. The van der Waals surface area contributed by atoms with Gasteiger partial charge in [-0.15, -0.1) is 0 Å². The Labute approximate surface area is 169 Å². The molecule has 1 heterocycles. The van der Waals surface area contributed by atoms with Gasteiger partial charge in [0.25, 0.3) is 5.91 Å². The monoisotopic (exact) mass is 407 g/mol. The van der Waals surface area contributed by atoms with Crippen LogP contribution < -0.4 is 4.74 Å². The Kier molecular flexibility index (Phi) is 8.81. The minimum Gasteiger partial charge on any atom is -0.493 e. The van der Waals surface area contributed by atoms with Gasteiger partial charge in [-0.2, -0.15) is 0 Å². The molecule has 0 saturated carbocycles. The van der Waals surface area contributed by atoms with Gasteiger partial charge in [0.15, 0.2) is 0 Å². The van der Waals surface area contributed by atoms with Crippen molar-refractivity contribution in [1.82, 2.24) is 4.90 Å². The molecule has 0 unspecified atom stereocenters. The van der Waals surface area contributed by atoms with E-state index in [2.05, 4.69) is 6.92 Å². The lowest BCUT2D eigenvalue weighted by atomic mass is 10.1. The Morgan fingerprint density at radius 3 is 2.78 bits per heavy atom. The zero-order valence-electron chi connectivity index (χ0n) is 15.5. The first kappa shape index (κ1) is 21.4. The van der Waals surface area contributed by atoms with E-state index < -0.39 is 5.97 Å². The first-order valence-corrected chi connectivity index (χ1v) is 10.4. The summed E-state index contributed by atoms with van der Waals surface area (Å²) in [6.45, 7) is 3.29. The van der Waals surface area contributed by atoms with E-state index in [-0.39, 0.29) is 12.3 Å². The zero-order valence-corrected chi connectivity index (χ0v) is 17.1. The summed E-state index contributed by atoms with van der Waals surface area (Å²) in [5, 5.41) is 8.67. The molecule has 1 saturated heterocycles. The van der Waals surface area contributed by atoms with E-state index in [1.165, 1.54) is 11.8 Å². The summed E-state index contributed by atoms with van der Waals surface area (Å²) in [6.07, 6.45) is 6.16. The summed E-state index contributed by atoms with van der Waals surface area (Å²) in [6, 6.07) is 7.67. The van der Waals surface area contributed by atoms with Crippen LogP contribution in [0.15, 0.2) is 29.2 Å². The van der Waals surface area contributed by atoms with Crippen LogP contribution in [-0.4, -0.2) is 39.4 Å². The first-order valence-electron chi connectivity index (χ1n) is 9.22. The van der Waals surface area contributed by atoms with E-state index >= 15 is 0 Å². The maximum atomic E-state index is 12.7. The summed E-state index contributed by atoms with van der Waals surface area (Å²) in [5.74, 6) is -0.111. The minimum absolute atomic E-state index is 0.0911. The number of carboxylic acid groups (broad SMARTS) is 1. The smallest absolute Gasteiger partial charge is 0.303 e. The number of carboxylic acids is 1. The highest BCUT2D eigenvalue weighted by atomic mass is 32.2. The van der Waals surface area contributed by atoms with Gasteiger partial charge in [0, 0.05) is 18.5 Å². The predicted octanol–water partition coefficient (Wildman–Crippen LogP) is 4.71. The van der Waals surface area contributed by atoms with Crippen molar-refractivity contribution >= 4 is 46.3 Å². The quantitative estimate of drug-likeness (QED) is 0.325. The summed E-state index contributed by atoms with van der Waals surface area (Å²) >= 11 is 6.65. The number of aliphatic carboxylic acids is 1. The van der Waals surface area contributed by atoms with Crippen molar-refractivity contribution in [2.24, 2.45) is 0 Å². The second-order valence-electron chi connectivity index (χ2n) is 6.28. The van der Waals surface area contributed by atoms with Crippen LogP contribution in [0.25, 0.3) is 6.08 Å². The number of thiocarbonyl (C=S) groups is 1. The van der Waals surface area contributed by atoms with Crippen molar-refractivity contribution < 1.29 is 19.4 Å². The molecule has 1 aliphatic rings. The number of benzene rings is 1. The molecule has 0 aromatic heterocycles. The average molecular weight is 408 g/mol. The number of carbonyl (C=O) groups excluding carboxylic acids is 1. The van der Waals surface area contributed by atoms with Gasteiger partial charge >= 0.3 is 5.97 Å². The SMILES string of the molecule is CCCCOc1ccccc1/C=C1/SC(=S)N(CCCCCC(=O)O)C1=O. The van der Waals surface area contributed by atoms with Crippen molar-refractivity contribution in [1.29, 1.82) is 0 Å². The van der Waals surface area contributed by atoms with E-state index in [0.717, 1.165) is 37.0 Å². The Balaban J connectivity index is 1.98. The highest BCUT2D eigenvalue weighted by Crippen LogP contribution is 2.34. The standard InChI is InChI=1S/C20H25NO4S2/c1-2-3-13-25-16-10-7-6-9-15(16)14-17-19(24)21(20(26)27-17)12-8-4-5-11-18(22)23/h6-7,9-10,14H,2-5,8,11-13H2,1H3,(H,22,23)/b17-14+. The van der Waals surface area contributed by atoms with Crippen LogP contribution in [0.4, 0.5) is 0 Å². The number of para-hydroxylation sites is 1. The fourth-order valence-electron chi connectivity index (χ4n) is 2.61. The number of unbranched alkanes of at least 4 members (excludes halogenated alkanes) is 3. The van der Waals surface area contributed by atoms with Crippen molar-refractivity contribution in [2.75, 3.05) is 13.2 Å². The molecule has 0 spiro atoms. The Morgan fingerprint density at radius 2 is 2.04 bits per heavy atom. The first-order chi connectivity index (χ1) is 13.0. The van der Waals surface area contributed by atoms with Gasteiger partial charge < -0.3 is 9.84 Å². The summed E-state index contributed by atoms with van der Waals surface area (Å²) in [4.78, 5) is 25.4. The van der Waals surface area contributed by atoms with Crippen LogP contribution in [0.1, 0.15) is 51.0 Å². The van der Waals surface area contributed by atoms with Gasteiger partial charge in [0.2, 0.25) is 0 Å². The van der Waals surface area contributed by atoms with Crippen molar-refractivity contribution in [3.8, 4) is 5.75 Å². The third-order valence-electron chi connectivity index (χ3n) is 4.11. The van der Waals surface area contributed by atoms with Crippen molar-refractivity contribution in [2.45, 2.75) is 45.4 Å². The number of hydrogen-bond donors (Lipinski definition) is 1. The molecule has 0 radical (unpaired) electrons. The number of ether oxygens (including phenoxy) is 1. The normalized spacial score (nSPS) is 15.6. The third-order valence-corrected chi connectivity index (χ3v) is 5.48. The highest BCUT2D eigenvalue weighted by molar-refractivity contribution is 8.26. The largest absolute Gasteiger partial charge is 0.493 e. The van der Waals surface area contributed by atoms with Crippen LogP contribution >= 0.6 is 24.0 Å². The molecule has 1 N–H and O–H groups in total. The second kappa shape index (κ2) is 11.1. The summed E-state index contributed by atoms with van der Waals surface area (Å²) in [5.41, 5.74) is 0.871. The summed E-state index contributed by atoms with van der Waals surface area (Å²) < 4.78 is 6.38. The third kappa shape index (κ3) is 6.66. The number of amides is 1. The van der Waals surface area contributed by atoms with Crippen molar-refractivity contribution in [3.05, 3.63) is 34.7 Å². The number of nitrogens with zero attached hydrogens (tertiary/aromatic N) is 1. The molecule has 1 aromatic rings. The second-order valence-corrected chi connectivity index (χ2v) is 7.95. The topological polar surface area (TPSA) is 66.8 Å². The molecule has 27 heavy (non-hydrogen) atoms. The number of carbonyl (C=O) groups is 2. The number of thioether (sulfide) groups is 1. The van der Waals surface area contributed by atoms with E-state index in [0.29, 0.717) is 28.8 Å². The highest BCUT2D eigenvalue weighted by Gasteiger charge is 2.31. The van der Waals surface area contributed by atoms with Gasteiger partial charge in [-0.25, -0.2) is 0 Å². The fraction of sp³-hybridized carbons (Fsp3) is 0.450. The molecular weight excluding hydrogens is 382 g/mol. The van der Waals surface area contributed by atoms with Gasteiger partial charge in [-0.1, -0.05) is 61.9 Å². The lowest BCUT2D eigenvalue weighted by Crippen LogP contribution is -2.29. The van der Waals surface area contributed by atoms with Crippen molar-refractivity contribution in [3.63, 3.8) is 0 Å². The van der Waals surface area contributed by atoms with Crippen LogP contribution in [0.3, 0.4) is 0 Å². The molecule has 7 heteroatoms. The lowest BCUT2D eigenvalue weighted by Gasteiger charge is -2.13. The van der Waals surface area contributed by atoms with E-state index in [9.17, 15) is 9.59 Å². The van der Waals surface area contributed by atoms with Crippen LogP contribution in [0.5, 0.6) is 5.75 Å². The molecule has 0 bridgehead atoms. The molecule has 0 atom stereocenters. The predicted molar refractivity (Wildman–Crippen MR) is 113 cm³/mol. The molecule has 1 aromatic carbocycles. The van der Waals surface area contributed by atoms with Gasteiger partial charge in [0.05, 0.1) is 11.5 Å². The minimum atomic E-state index is -0.789. The van der Waals surface area contributed by atoms with E-state index in [4.69, 9.17) is 22.1 Å². The van der Waals surface area contributed by atoms with E-state index in [1.807, 2.05) is 30.3 Å². The van der Waals surface area contributed by atoms with Crippen LogP contribution in [0, 0.1) is 0 Å². The van der Waals surface area contributed by atoms with Gasteiger partial charge in [-0.05, 0) is 31.4 Å². The fourth-order valence-corrected chi connectivity index (χ4v) is 3.91. The van der Waals surface area contributed by atoms with Crippen LogP contribution in [0.2, 0.25) is 0 Å². The maximum Gasteiger partial charge on any atom is 0.303 e. The zero-order chi connectivity index (χ0) is 19.6. The molecule has 1 amide bonds. The lowest BCUT2D eigenvalue weighted by molar-refractivity contribution is -0.137. The molecule has 2 rings (SSSR count). The van der Waals surface area contributed by atoms with E-state index in [1.54, 1.807) is 4.90 Å². The summed E-state index contributed by atoms with van der Waals surface area (Å²) in [7, 11) is 0. The molecule has 1 aliphatic heterocycles. The Morgan fingerprint density at radius 1 is 1.26 bits per heavy atom. The molecule has 5 nitrogen and oxygen atoms in total. The molecular formula is C20H25NO4S2. The molecule has 0 aliphatic carbocycles. The molecule has 1 fully saturated rings. The average Bonchev–Trinajstić information content (AvgIpc) is 2.90. The molecule has 146 valence electrons. The Bertz CT molecular complexity index is 718. The maximum absolute atomic E-state index is 12.7. The van der Waals surface area contributed by atoms with Crippen LogP contribution in [-0.2, 0) is 9.59 Å². The van der Waals surface area contributed by atoms with Gasteiger partial charge in [-0.3, -0.25) is 14.5 Å².